The SMILES string of the molecule is CC(=O)CC1CCCCN1C(=O)Cc1ccc(Br)cc1. The van der Waals surface area contributed by atoms with Crippen LogP contribution in [0.4, 0.5) is 0 Å². The molecule has 1 aromatic rings. The van der Waals surface area contributed by atoms with Gasteiger partial charge in [-0.2, -0.15) is 0 Å². The molecule has 0 spiro atoms. The molecule has 0 bridgehead atoms. The molecule has 0 aromatic heterocycles. The largest absolute Gasteiger partial charge is 0.339 e. The monoisotopic (exact) mass is 337 g/mol. The molecule has 1 fully saturated rings. The summed E-state index contributed by atoms with van der Waals surface area (Å²) in [5, 5.41) is 0. The van der Waals surface area contributed by atoms with Crippen LogP contribution in [-0.2, 0) is 16.0 Å². The summed E-state index contributed by atoms with van der Waals surface area (Å²) in [7, 11) is 0. The first-order valence-corrected chi connectivity index (χ1v) is 7.89. The molecule has 1 saturated heterocycles. The third-order valence-corrected chi connectivity index (χ3v) is 4.27. The van der Waals surface area contributed by atoms with E-state index < -0.39 is 0 Å². The zero-order valence-electron chi connectivity index (χ0n) is 11.8. The maximum atomic E-state index is 12.4. The second-order valence-corrected chi connectivity index (χ2v) is 6.36. The average molecular weight is 338 g/mol. The summed E-state index contributed by atoms with van der Waals surface area (Å²) in [6.45, 7) is 2.39. The van der Waals surface area contributed by atoms with E-state index in [1.54, 1.807) is 6.92 Å². The lowest BCUT2D eigenvalue weighted by Gasteiger charge is -2.35. The third kappa shape index (κ3) is 4.17. The van der Waals surface area contributed by atoms with Crippen LogP contribution in [0.1, 0.15) is 38.2 Å². The first-order valence-electron chi connectivity index (χ1n) is 7.09. The Kier molecular flexibility index (Phi) is 5.35. The van der Waals surface area contributed by atoms with Crippen LogP contribution in [0.2, 0.25) is 0 Å². The Bertz CT molecular complexity index is 484. The summed E-state index contributed by atoms with van der Waals surface area (Å²) >= 11 is 3.39. The number of hydrogen-bond donors (Lipinski definition) is 0. The number of amides is 1. The lowest BCUT2D eigenvalue weighted by atomic mass is 9.97. The van der Waals surface area contributed by atoms with Crippen molar-refractivity contribution >= 4 is 27.6 Å². The smallest absolute Gasteiger partial charge is 0.227 e. The van der Waals surface area contributed by atoms with E-state index in [1.165, 1.54) is 0 Å². The van der Waals surface area contributed by atoms with Crippen molar-refractivity contribution in [3.63, 3.8) is 0 Å². The topological polar surface area (TPSA) is 37.4 Å². The number of piperidine rings is 1. The van der Waals surface area contributed by atoms with Crippen molar-refractivity contribution < 1.29 is 9.59 Å². The number of nitrogens with zero attached hydrogens (tertiary/aromatic N) is 1. The number of Topliss-reactive ketones (excluding diaryl/α,β-unsaturated/α-hetero) is 1. The Labute approximate surface area is 128 Å². The quantitative estimate of drug-likeness (QED) is 0.844. The van der Waals surface area contributed by atoms with Crippen LogP contribution in [-0.4, -0.2) is 29.2 Å². The van der Waals surface area contributed by atoms with E-state index in [0.29, 0.717) is 12.8 Å². The van der Waals surface area contributed by atoms with E-state index in [9.17, 15) is 9.59 Å². The minimum atomic E-state index is 0.101. The minimum Gasteiger partial charge on any atom is -0.339 e. The van der Waals surface area contributed by atoms with Crippen LogP contribution in [0.3, 0.4) is 0 Å². The first-order chi connectivity index (χ1) is 9.56. The van der Waals surface area contributed by atoms with Crippen molar-refractivity contribution in [3.8, 4) is 0 Å². The van der Waals surface area contributed by atoms with Gasteiger partial charge in [-0.15, -0.1) is 0 Å². The van der Waals surface area contributed by atoms with E-state index >= 15 is 0 Å². The van der Waals surface area contributed by atoms with E-state index in [1.807, 2.05) is 29.2 Å². The Balaban J connectivity index is 2.01. The fourth-order valence-corrected chi connectivity index (χ4v) is 3.02. The fraction of sp³-hybridized carbons (Fsp3) is 0.500. The van der Waals surface area contributed by atoms with Gasteiger partial charge in [-0.25, -0.2) is 0 Å². The molecule has 2 rings (SSSR count). The Morgan fingerprint density at radius 2 is 1.95 bits per heavy atom. The fourth-order valence-electron chi connectivity index (χ4n) is 2.75. The van der Waals surface area contributed by atoms with Gasteiger partial charge in [0.25, 0.3) is 0 Å². The van der Waals surface area contributed by atoms with Crippen LogP contribution in [0.15, 0.2) is 28.7 Å². The lowest BCUT2D eigenvalue weighted by Crippen LogP contribution is -2.45. The zero-order chi connectivity index (χ0) is 14.5. The van der Waals surface area contributed by atoms with Crippen molar-refractivity contribution in [3.05, 3.63) is 34.3 Å². The molecule has 0 N–H and O–H groups in total. The van der Waals surface area contributed by atoms with E-state index in [0.717, 1.165) is 35.8 Å². The molecule has 1 amide bonds. The highest BCUT2D eigenvalue weighted by atomic mass is 79.9. The molecule has 108 valence electrons. The second kappa shape index (κ2) is 7.02. The minimum absolute atomic E-state index is 0.101. The van der Waals surface area contributed by atoms with Gasteiger partial charge in [0.1, 0.15) is 5.78 Å². The summed E-state index contributed by atoms with van der Waals surface area (Å²) in [6.07, 6.45) is 4.01. The Morgan fingerprint density at radius 1 is 1.25 bits per heavy atom. The first kappa shape index (κ1) is 15.2. The van der Waals surface area contributed by atoms with E-state index in [-0.39, 0.29) is 17.7 Å². The number of ketones is 1. The Hall–Kier alpha value is -1.16. The second-order valence-electron chi connectivity index (χ2n) is 5.45. The zero-order valence-corrected chi connectivity index (χ0v) is 13.4. The highest BCUT2D eigenvalue weighted by Crippen LogP contribution is 2.21. The van der Waals surface area contributed by atoms with Crippen LogP contribution < -0.4 is 0 Å². The van der Waals surface area contributed by atoms with Crippen molar-refractivity contribution in [1.29, 1.82) is 0 Å². The van der Waals surface area contributed by atoms with Crippen molar-refractivity contribution in [2.45, 2.75) is 45.1 Å². The molecule has 1 aliphatic heterocycles. The van der Waals surface area contributed by atoms with Crippen molar-refractivity contribution in [2.24, 2.45) is 0 Å². The summed E-state index contributed by atoms with van der Waals surface area (Å²) in [5.74, 6) is 0.302. The third-order valence-electron chi connectivity index (χ3n) is 3.74. The maximum Gasteiger partial charge on any atom is 0.227 e. The predicted octanol–water partition coefficient (Wildman–Crippen LogP) is 3.35. The molecular formula is C16H20BrNO2. The standard InChI is InChI=1S/C16H20BrNO2/c1-12(19)10-15-4-2-3-9-18(15)16(20)11-13-5-7-14(17)8-6-13/h5-8,15H,2-4,9-11H2,1H3. The summed E-state index contributed by atoms with van der Waals surface area (Å²) in [5.41, 5.74) is 1.02. The molecular weight excluding hydrogens is 318 g/mol. The molecule has 0 radical (unpaired) electrons. The number of rotatable bonds is 4. The summed E-state index contributed by atoms with van der Waals surface area (Å²) in [4.78, 5) is 25.7. The number of benzene rings is 1. The highest BCUT2D eigenvalue weighted by Gasteiger charge is 2.27. The van der Waals surface area contributed by atoms with Crippen molar-refractivity contribution in [2.75, 3.05) is 6.54 Å². The van der Waals surface area contributed by atoms with Gasteiger partial charge in [-0.3, -0.25) is 9.59 Å². The van der Waals surface area contributed by atoms with E-state index in [4.69, 9.17) is 0 Å². The molecule has 1 heterocycles. The van der Waals surface area contributed by atoms with Gasteiger partial charge in [0, 0.05) is 23.5 Å². The van der Waals surface area contributed by atoms with Crippen molar-refractivity contribution in [1.82, 2.24) is 4.90 Å². The van der Waals surface area contributed by atoms with E-state index in [2.05, 4.69) is 15.9 Å². The van der Waals surface area contributed by atoms with Crippen LogP contribution in [0.5, 0.6) is 0 Å². The molecule has 0 saturated carbocycles. The molecule has 1 aromatic carbocycles. The molecule has 4 heteroatoms. The van der Waals surface area contributed by atoms with Gasteiger partial charge in [-0.1, -0.05) is 28.1 Å². The van der Waals surface area contributed by atoms with Gasteiger partial charge >= 0.3 is 0 Å². The number of hydrogen-bond acceptors (Lipinski definition) is 2. The summed E-state index contributed by atoms with van der Waals surface area (Å²) < 4.78 is 1.01. The Morgan fingerprint density at radius 3 is 2.60 bits per heavy atom. The van der Waals surface area contributed by atoms with Gasteiger partial charge < -0.3 is 4.90 Å². The van der Waals surface area contributed by atoms with Gasteiger partial charge in [0.2, 0.25) is 5.91 Å². The normalized spacial score (nSPS) is 18.9. The highest BCUT2D eigenvalue weighted by molar-refractivity contribution is 9.10. The number of carbonyl (C=O) groups is 2. The molecule has 1 unspecified atom stereocenters. The van der Waals surface area contributed by atoms with Crippen LogP contribution >= 0.6 is 15.9 Å². The lowest BCUT2D eigenvalue weighted by molar-refractivity contribution is -0.135. The predicted molar refractivity (Wildman–Crippen MR) is 82.5 cm³/mol. The number of halogens is 1. The molecule has 20 heavy (non-hydrogen) atoms. The maximum absolute atomic E-state index is 12.4. The van der Waals surface area contributed by atoms with Gasteiger partial charge in [0.05, 0.1) is 6.42 Å². The van der Waals surface area contributed by atoms with Gasteiger partial charge in [0.15, 0.2) is 0 Å². The van der Waals surface area contributed by atoms with Crippen LogP contribution in [0, 0.1) is 0 Å². The van der Waals surface area contributed by atoms with Crippen LogP contribution in [0.25, 0.3) is 0 Å². The number of likely N-dealkylation sites (tertiary alicyclic amines) is 1. The molecule has 1 aliphatic rings. The summed E-state index contributed by atoms with van der Waals surface area (Å²) in [6, 6.07) is 7.93. The molecule has 1 atom stereocenters. The number of carbonyl (C=O) groups excluding carboxylic acids is 2. The molecule has 0 aliphatic carbocycles. The van der Waals surface area contributed by atoms with Gasteiger partial charge in [-0.05, 0) is 43.9 Å². The average Bonchev–Trinajstić information content (AvgIpc) is 2.41. The molecule has 3 nitrogen and oxygen atoms in total.